The molecule has 0 saturated carbocycles. The Labute approximate surface area is 135 Å². The lowest BCUT2D eigenvalue weighted by Crippen LogP contribution is -2.01. The Morgan fingerprint density at radius 2 is 1.87 bits per heavy atom. The van der Waals surface area contributed by atoms with Crippen molar-refractivity contribution in [3.8, 4) is 23.0 Å². The minimum Gasteiger partial charge on any atom is -0.383 e. The summed E-state index contributed by atoms with van der Waals surface area (Å²) in [7, 11) is 0. The van der Waals surface area contributed by atoms with E-state index in [0.29, 0.717) is 11.6 Å². The number of benzene rings is 1. The molecule has 0 fully saturated rings. The number of rotatable bonds is 1. The standard InChI is InChI=1S/C18H19N5/c1-18(2,3)8-6-13-12(7-9-21-16(13)19)11-4-5-15-14(10-11)17(20)23-22-15/h4-5,7,9-10H,1-3H3,(H2,19,21)(H3,20,22,23). The molecule has 0 bridgehead atoms. The first-order chi connectivity index (χ1) is 10.8. The van der Waals surface area contributed by atoms with Crippen LogP contribution in [0, 0.1) is 17.3 Å². The Morgan fingerprint density at radius 1 is 1.09 bits per heavy atom. The van der Waals surface area contributed by atoms with E-state index in [1.54, 1.807) is 6.20 Å². The lowest BCUT2D eigenvalue weighted by Gasteiger charge is -2.10. The van der Waals surface area contributed by atoms with Gasteiger partial charge >= 0.3 is 0 Å². The van der Waals surface area contributed by atoms with Gasteiger partial charge in [-0.05, 0) is 44.5 Å². The summed E-state index contributed by atoms with van der Waals surface area (Å²) in [6.45, 7) is 6.18. The van der Waals surface area contributed by atoms with E-state index in [4.69, 9.17) is 11.5 Å². The Hall–Kier alpha value is -3.00. The van der Waals surface area contributed by atoms with Crippen LogP contribution in [0.15, 0.2) is 30.5 Å². The monoisotopic (exact) mass is 305 g/mol. The number of nitrogens with zero attached hydrogens (tertiary/aromatic N) is 2. The number of aromatic nitrogens is 3. The third-order valence-corrected chi connectivity index (χ3v) is 3.45. The van der Waals surface area contributed by atoms with Gasteiger partial charge < -0.3 is 11.5 Å². The minimum atomic E-state index is -0.113. The number of pyridine rings is 1. The van der Waals surface area contributed by atoms with Crippen LogP contribution in [0.3, 0.4) is 0 Å². The fourth-order valence-electron chi connectivity index (χ4n) is 2.30. The highest BCUT2D eigenvalue weighted by atomic mass is 15.1. The molecule has 5 N–H and O–H groups in total. The van der Waals surface area contributed by atoms with Gasteiger partial charge in [-0.25, -0.2) is 4.98 Å². The van der Waals surface area contributed by atoms with Crippen molar-refractivity contribution in [3.05, 3.63) is 36.0 Å². The number of hydrogen-bond acceptors (Lipinski definition) is 4. The van der Waals surface area contributed by atoms with Crippen molar-refractivity contribution in [2.75, 3.05) is 11.5 Å². The van der Waals surface area contributed by atoms with Gasteiger partial charge in [0.25, 0.3) is 0 Å². The third kappa shape index (κ3) is 2.97. The molecular weight excluding hydrogens is 286 g/mol. The van der Waals surface area contributed by atoms with Crippen LogP contribution in [0.4, 0.5) is 11.6 Å². The van der Waals surface area contributed by atoms with E-state index >= 15 is 0 Å². The maximum absolute atomic E-state index is 6.05. The maximum Gasteiger partial charge on any atom is 0.153 e. The number of nitrogens with one attached hydrogen (secondary N) is 1. The summed E-state index contributed by atoms with van der Waals surface area (Å²) in [5.74, 6) is 7.31. The van der Waals surface area contributed by atoms with Crippen LogP contribution in [0.25, 0.3) is 22.0 Å². The van der Waals surface area contributed by atoms with Crippen molar-refractivity contribution in [2.45, 2.75) is 20.8 Å². The van der Waals surface area contributed by atoms with Crippen LogP contribution < -0.4 is 11.5 Å². The van der Waals surface area contributed by atoms with Crippen LogP contribution in [0.2, 0.25) is 0 Å². The molecule has 5 nitrogen and oxygen atoms in total. The van der Waals surface area contributed by atoms with Gasteiger partial charge in [0.15, 0.2) is 5.82 Å². The highest BCUT2D eigenvalue weighted by Gasteiger charge is 2.11. The number of fused-ring (bicyclic) bond motifs is 1. The molecule has 0 aliphatic heterocycles. The van der Waals surface area contributed by atoms with E-state index in [9.17, 15) is 0 Å². The predicted molar refractivity (Wildman–Crippen MR) is 94.5 cm³/mol. The average Bonchev–Trinajstić information content (AvgIpc) is 2.86. The van der Waals surface area contributed by atoms with Gasteiger partial charge in [0.05, 0.1) is 11.1 Å². The summed E-state index contributed by atoms with van der Waals surface area (Å²) in [5, 5.41) is 7.81. The van der Waals surface area contributed by atoms with Crippen molar-refractivity contribution in [2.24, 2.45) is 5.41 Å². The number of aromatic amines is 1. The molecule has 0 amide bonds. The zero-order valence-electron chi connectivity index (χ0n) is 13.4. The van der Waals surface area contributed by atoms with Gasteiger partial charge in [-0.2, -0.15) is 5.10 Å². The Bertz CT molecular complexity index is 935. The quantitative estimate of drug-likeness (QED) is 0.602. The van der Waals surface area contributed by atoms with Gasteiger partial charge in [0.1, 0.15) is 5.82 Å². The maximum atomic E-state index is 6.05. The molecule has 2 aromatic heterocycles. The molecule has 116 valence electrons. The average molecular weight is 305 g/mol. The Morgan fingerprint density at radius 3 is 2.61 bits per heavy atom. The SMILES string of the molecule is CC(C)(C)C#Cc1c(-c2ccc3[nH]nc(N)c3c2)ccnc1N. The molecule has 5 heteroatoms. The summed E-state index contributed by atoms with van der Waals surface area (Å²) < 4.78 is 0. The first kappa shape index (κ1) is 14.9. The molecule has 0 aliphatic rings. The molecule has 0 aliphatic carbocycles. The normalized spacial score (nSPS) is 11.3. The van der Waals surface area contributed by atoms with Crippen LogP contribution >= 0.6 is 0 Å². The van der Waals surface area contributed by atoms with Crippen LogP contribution in [0.5, 0.6) is 0 Å². The second-order valence-corrected chi connectivity index (χ2v) is 6.49. The van der Waals surface area contributed by atoms with Crippen molar-refractivity contribution < 1.29 is 0 Å². The fraction of sp³-hybridized carbons (Fsp3) is 0.222. The number of nitrogens with two attached hydrogens (primary N) is 2. The Balaban J connectivity index is 2.19. The van der Waals surface area contributed by atoms with Crippen molar-refractivity contribution in [1.29, 1.82) is 0 Å². The number of H-pyrrole nitrogens is 1. The molecule has 0 radical (unpaired) electrons. The number of nitrogen functional groups attached to an aromatic ring is 2. The highest BCUT2D eigenvalue weighted by Crippen LogP contribution is 2.30. The number of hydrogen-bond donors (Lipinski definition) is 3. The van der Waals surface area contributed by atoms with E-state index in [1.165, 1.54) is 0 Å². The van der Waals surface area contributed by atoms with Crippen molar-refractivity contribution in [1.82, 2.24) is 15.2 Å². The molecule has 1 aromatic carbocycles. The summed E-state index contributed by atoms with van der Waals surface area (Å²) in [4.78, 5) is 4.17. The summed E-state index contributed by atoms with van der Waals surface area (Å²) in [6, 6.07) is 7.86. The zero-order chi connectivity index (χ0) is 16.6. The van der Waals surface area contributed by atoms with E-state index in [0.717, 1.165) is 27.6 Å². The second-order valence-electron chi connectivity index (χ2n) is 6.49. The molecule has 0 atom stereocenters. The predicted octanol–water partition coefficient (Wildman–Crippen LogP) is 3.19. The van der Waals surface area contributed by atoms with E-state index in [1.807, 2.05) is 24.3 Å². The van der Waals surface area contributed by atoms with E-state index < -0.39 is 0 Å². The Kier molecular flexibility index (Phi) is 3.45. The molecule has 0 unspecified atom stereocenters. The zero-order valence-corrected chi connectivity index (χ0v) is 13.4. The highest BCUT2D eigenvalue weighted by molar-refractivity contribution is 5.93. The van der Waals surface area contributed by atoms with Crippen LogP contribution in [-0.4, -0.2) is 15.2 Å². The van der Waals surface area contributed by atoms with Gasteiger partial charge in [0.2, 0.25) is 0 Å². The van der Waals surface area contributed by atoms with Crippen molar-refractivity contribution in [3.63, 3.8) is 0 Å². The first-order valence-corrected chi connectivity index (χ1v) is 7.37. The van der Waals surface area contributed by atoms with E-state index in [2.05, 4.69) is 47.8 Å². The second kappa shape index (κ2) is 5.33. The minimum absolute atomic E-state index is 0.113. The molecule has 23 heavy (non-hydrogen) atoms. The molecule has 3 aromatic rings. The number of anilines is 2. The van der Waals surface area contributed by atoms with Gasteiger partial charge in [-0.15, -0.1) is 0 Å². The molecule has 3 rings (SSSR count). The van der Waals surface area contributed by atoms with Gasteiger partial charge in [-0.3, -0.25) is 5.10 Å². The first-order valence-electron chi connectivity index (χ1n) is 7.37. The van der Waals surface area contributed by atoms with Gasteiger partial charge in [-0.1, -0.05) is 17.9 Å². The van der Waals surface area contributed by atoms with Crippen LogP contribution in [-0.2, 0) is 0 Å². The van der Waals surface area contributed by atoms with E-state index in [-0.39, 0.29) is 5.41 Å². The lowest BCUT2D eigenvalue weighted by atomic mass is 9.95. The van der Waals surface area contributed by atoms with Crippen LogP contribution in [0.1, 0.15) is 26.3 Å². The molecule has 0 saturated heterocycles. The smallest absolute Gasteiger partial charge is 0.153 e. The van der Waals surface area contributed by atoms with Crippen molar-refractivity contribution >= 4 is 22.5 Å². The lowest BCUT2D eigenvalue weighted by molar-refractivity contribution is 0.571. The molecular formula is C18H19N5. The largest absolute Gasteiger partial charge is 0.383 e. The summed E-state index contributed by atoms with van der Waals surface area (Å²) in [6.07, 6.45) is 1.69. The molecule has 0 spiro atoms. The topological polar surface area (TPSA) is 93.6 Å². The van der Waals surface area contributed by atoms with Gasteiger partial charge in [0, 0.05) is 22.6 Å². The third-order valence-electron chi connectivity index (χ3n) is 3.45. The fourth-order valence-corrected chi connectivity index (χ4v) is 2.30. The molecule has 2 heterocycles. The summed E-state index contributed by atoms with van der Waals surface area (Å²) >= 11 is 0. The summed E-state index contributed by atoms with van der Waals surface area (Å²) in [5.41, 5.74) is 15.4.